The van der Waals surface area contributed by atoms with Crippen molar-refractivity contribution in [3.8, 4) is 23.0 Å². The molecule has 3 fully saturated rings. The minimum absolute atomic E-state index is 0.0597. The first-order valence-corrected chi connectivity index (χ1v) is 31.7. The van der Waals surface area contributed by atoms with E-state index in [1.807, 2.05) is 6.07 Å². The molecule has 5 aliphatic rings. The number of aliphatic hydroxyl groups is 3. The molecule has 23 nitrogen and oxygen atoms in total. The second-order valence-electron chi connectivity index (χ2n) is 24.4. The van der Waals surface area contributed by atoms with E-state index in [-0.39, 0.29) is 110 Å². The Hall–Kier alpha value is -6.42. The molecule has 88 heavy (non-hydrogen) atoms. The highest BCUT2D eigenvalue weighted by atomic mass is 32.2. The van der Waals surface area contributed by atoms with Crippen LogP contribution >= 0.6 is 23.1 Å². The van der Waals surface area contributed by atoms with E-state index in [4.69, 9.17) is 28.4 Å². The summed E-state index contributed by atoms with van der Waals surface area (Å²) in [6.07, 6.45) is -3.16. The topological polar surface area (TPSA) is 326 Å². The van der Waals surface area contributed by atoms with E-state index in [0.29, 0.717) is 80.9 Å². The molecule has 3 aliphatic carbocycles. The number of fused-ring (bicyclic) bond motifs is 6. The average molecular weight is 1260 g/mol. The van der Waals surface area contributed by atoms with Gasteiger partial charge >= 0.3 is 18.0 Å². The summed E-state index contributed by atoms with van der Waals surface area (Å²) in [4.78, 5) is 75.3. The lowest BCUT2D eigenvalue weighted by Crippen LogP contribution is -2.61. The number of aryl methyl sites for hydroxylation is 1. The molecule has 1 saturated heterocycles. The van der Waals surface area contributed by atoms with Crippen LogP contribution < -0.4 is 25.2 Å². The van der Waals surface area contributed by atoms with Crippen LogP contribution in [0.5, 0.6) is 23.0 Å². The average Bonchev–Trinajstić information content (AvgIpc) is 3.01. The number of phenolic OH excluding ortho intramolecular Hbond substituents is 2. The van der Waals surface area contributed by atoms with Gasteiger partial charge in [0.25, 0.3) is 0 Å². The smallest absolute Gasteiger partial charge is 0.415 e. The van der Waals surface area contributed by atoms with Crippen LogP contribution in [0.3, 0.4) is 0 Å². The van der Waals surface area contributed by atoms with E-state index in [0.717, 1.165) is 37.9 Å². The molecule has 2 aliphatic heterocycles. The van der Waals surface area contributed by atoms with Crippen molar-refractivity contribution in [1.82, 2.24) is 20.1 Å². The maximum Gasteiger partial charge on any atom is 0.415 e. The number of phenols is 2. The van der Waals surface area contributed by atoms with Crippen LogP contribution in [0.4, 0.5) is 4.79 Å². The SMILES string of the molecule is C=c1c(C)c(O)c(=C)c(C(C)(C)CC(=O)N(C)CCN(CCOCCOCCC(=O)NCCCOc2ccc3c(c2)CC[C@@H]2[C@@H]3CC[C@]3(C)[C@@H](OC4O[C@@H](C(=O)O)C(O)[C@@H](O)[C@@H]4O)CC[C@@H]23)C(=O)Oc2ccc3nc(C4=NC(C(=O)O)CS4)sc3c2)c1O. The molecule has 11 atom stereocenters. The number of likely N-dealkylation sites (N-methyl/N-ethyl adjacent to an activating group) is 1. The van der Waals surface area contributed by atoms with Crippen molar-refractivity contribution in [2.75, 3.05) is 72.0 Å². The molecule has 0 spiro atoms. The van der Waals surface area contributed by atoms with Crippen LogP contribution in [0.2, 0.25) is 0 Å². The fraction of sp³-hybridized carbons (Fsp3) is 0.571. The number of hydrogen-bond acceptors (Lipinski definition) is 20. The number of aromatic nitrogens is 1. The summed E-state index contributed by atoms with van der Waals surface area (Å²) in [6.45, 7) is 16.9. The fourth-order valence-corrected chi connectivity index (χ4v) is 15.3. The number of carbonyl (C=O) groups is 5. The summed E-state index contributed by atoms with van der Waals surface area (Å²) in [6, 6.07) is 10.5. The number of aromatic hydroxyl groups is 2. The van der Waals surface area contributed by atoms with Crippen LogP contribution in [0.1, 0.15) is 105 Å². The van der Waals surface area contributed by atoms with Gasteiger partial charge in [0, 0.05) is 84.9 Å². The number of nitrogens with one attached hydrogen (secondary N) is 1. The third-order valence-electron chi connectivity index (χ3n) is 18.2. The van der Waals surface area contributed by atoms with Crippen molar-refractivity contribution in [3.05, 3.63) is 74.1 Å². The number of aliphatic carboxylic acids is 2. The van der Waals surface area contributed by atoms with Crippen LogP contribution in [0, 0.1) is 24.2 Å². The summed E-state index contributed by atoms with van der Waals surface area (Å²) in [5.74, 6) is -0.675. The van der Waals surface area contributed by atoms with Gasteiger partial charge in [0.05, 0.1) is 49.4 Å². The lowest BCUT2D eigenvalue weighted by molar-refractivity contribution is -0.312. The van der Waals surface area contributed by atoms with E-state index < -0.39 is 60.2 Å². The normalized spacial score (nSPS) is 25.7. The van der Waals surface area contributed by atoms with Gasteiger partial charge in [0.15, 0.2) is 18.4 Å². The van der Waals surface area contributed by atoms with Gasteiger partial charge in [-0.3, -0.25) is 14.6 Å². The molecule has 0 radical (unpaired) electrons. The Morgan fingerprint density at radius 2 is 1.61 bits per heavy atom. The number of carboxylic acid groups (broad SMARTS) is 2. The number of rotatable bonds is 26. The van der Waals surface area contributed by atoms with Crippen molar-refractivity contribution < 1.29 is 88.1 Å². The van der Waals surface area contributed by atoms with Crippen molar-refractivity contribution in [1.29, 1.82) is 0 Å². The number of thioether (sulfide) groups is 1. The summed E-state index contributed by atoms with van der Waals surface area (Å²) >= 11 is 2.62. The number of carbonyl (C=O) groups excluding carboxylic acids is 3. The number of hydrogen-bond donors (Lipinski definition) is 8. The Kier molecular flexibility index (Phi) is 21.1. The Balaban J connectivity index is 0.690. The van der Waals surface area contributed by atoms with E-state index in [2.05, 4.69) is 47.5 Å². The number of nitrogens with zero attached hydrogens (tertiary/aromatic N) is 4. The summed E-state index contributed by atoms with van der Waals surface area (Å²) < 4.78 is 36.0. The number of carboxylic acids is 2. The lowest BCUT2D eigenvalue weighted by atomic mass is 9.55. The van der Waals surface area contributed by atoms with Gasteiger partial charge in [-0.2, -0.15) is 0 Å². The van der Waals surface area contributed by atoms with Crippen LogP contribution in [-0.4, -0.2) is 200 Å². The molecule has 4 aromatic rings. The molecule has 0 bridgehead atoms. The van der Waals surface area contributed by atoms with Gasteiger partial charge in [0.2, 0.25) is 11.8 Å². The first-order chi connectivity index (χ1) is 41.9. The molecule has 25 heteroatoms. The molecule has 3 heterocycles. The quantitative estimate of drug-likeness (QED) is 0.0316. The number of amides is 3. The van der Waals surface area contributed by atoms with Gasteiger partial charge in [-0.15, -0.1) is 23.1 Å². The van der Waals surface area contributed by atoms with Gasteiger partial charge in [-0.05, 0) is 110 Å². The van der Waals surface area contributed by atoms with Gasteiger partial charge in [-0.1, -0.05) is 40.0 Å². The zero-order chi connectivity index (χ0) is 63.4. The number of ether oxygens (including phenoxy) is 6. The van der Waals surface area contributed by atoms with Crippen LogP contribution in [0.25, 0.3) is 23.4 Å². The predicted molar refractivity (Wildman–Crippen MR) is 327 cm³/mol. The molecular weight excluding hydrogens is 1180 g/mol. The molecule has 478 valence electrons. The van der Waals surface area contributed by atoms with E-state index in [1.165, 1.54) is 44.0 Å². The Bertz CT molecular complexity index is 3380. The zero-order valence-electron chi connectivity index (χ0n) is 50.3. The summed E-state index contributed by atoms with van der Waals surface area (Å²) in [5.41, 5.74) is 2.75. The maximum atomic E-state index is 13.9. The van der Waals surface area contributed by atoms with Crippen molar-refractivity contribution in [3.63, 3.8) is 0 Å². The fourth-order valence-electron chi connectivity index (χ4n) is 13.2. The molecule has 1 aromatic heterocycles. The number of thiazole rings is 1. The predicted octanol–water partition coefficient (Wildman–Crippen LogP) is 4.55. The Morgan fingerprint density at radius 3 is 2.35 bits per heavy atom. The number of aliphatic imine (C=N–C) groups is 1. The minimum atomic E-state index is -1.77. The molecule has 3 aromatic carbocycles. The second kappa shape index (κ2) is 28.2. The van der Waals surface area contributed by atoms with Gasteiger partial charge < -0.3 is 79.3 Å². The lowest BCUT2D eigenvalue weighted by Gasteiger charge is -2.51. The Morgan fingerprint density at radius 1 is 0.864 bits per heavy atom. The highest BCUT2D eigenvalue weighted by Gasteiger charge is 2.57. The summed E-state index contributed by atoms with van der Waals surface area (Å²) in [5, 5.41) is 76.4. The first-order valence-electron chi connectivity index (χ1n) is 29.9. The highest BCUT2D eigenvalue weighted by Crippen LogP contribution is 2.62. The summed E-state index contributed by atoms with van der Waals surface area (Å²) in [7, 11) is 1.61. The monoisotopic (exact) mass is 1260 g/mol. The number of aliphatic hydroxyl groups excluding tert-OH is 3. The minimum Gasteiger partial charge on any atom is -0.507 e. The zero-order valence-corrected chi connectivity index (χ0v) is 51.9. The molecule has 9 rings (SSSR count). The standard InChI is InChI=1S/C63H81N5O18S2/c1-33-34(2)51(72)49(35(3)50(33)71)62(4,5)31-48(70)67(7)21-22-68(61(80)84-38-11-15-43-45(30-38)88-57(65-43)56-66-44(32-87-56)58(76)77)23-26-82-28-27-81-25-18-47(69)64-20-8-24-83-37-10-13-39-36(29-37)9-12-41-40(39)17-19-63(6)42(41)14-16-46(63)85-60-54(75)52(73)53(74)55(86-60)59(78)79/h10-11,13,15,29-30,40-42,44,46,52-55,60,71-75H,2-3,8-9,12,14,16-28,31-32H2,1,4-7H3,(H,64,69)(H,76,77)(H,78,79)/t40-,41-,42+,44?,46+,52-,53?,54+,55-,60?,63+/m1/s1. The third kappa shape index (κ3) is 14.6. The first kappa shape index (κ1) is 66.0. The van der Waals surface area contributed by atoms with E-state index in [1.54, 1.807) is 46.0 Å². The van der Waals surface area contributed by atoms with Gasteiger partial charge in [0.1, 0.15) is 51.4 Å². The number of benzene rings is 3. The van der Waals surface area contributed by atoms with E-state index in [9.17, 15) is 59.7 Å². The molecular formula is C63H81N5O18S2. The largest absolute Gasteiger partial charge is 0.507 e. The molecule has 8 N–H and O–H groups in total. The van der Waals surface area contributed by atoms with Crippen LogP contribution in [0.15, 0.2) is 41.4 Å². The van der Waals surface area contributed by atoms with Gasteiger partial charge in [-0.25, -0.2) is 19.4 Å². The highest BCUT2D eigenvalue weighted by molar-refractivity contribution is 8.15. The van der Waals surface area contributed by atoms with Crippen molar-refractivity contribution in [2.24, 2.45) is 22.2 Å². The van der Waals surface area contributed by atoms with Crippen LogP contribution in [-0.2, 0) is 50.0 Å². The Labute approximate surface area is 518 Å². The van der Waals surface area contributed by atoms with Crippen molar-refractivity contribution in [2.45, 2.75) is 140 Å². The third-order valence-corrected chi connectivity index (χ3v) is 20.5. The van der Waals surface area contributed by atoms with Crippen molar-refractivity contribution >= 4 is 81.4 Å². The molecule has 3 amide bonds. The molecule has 3 unspecified atom stereocenters. The van der Waals surface area contributed by atoms with E-state index >= 15 is 0 Å². The maximum absolute atomic E-state index is 13.9. The second-order valence-corrected chi connectivity index (χ2v) is 26.5. The molecule has 2 saturated carbocycles.